The second-order valence-electron chi connectivity index (χ2n) is 3.21. The minimum absolute atomic E-state index is 0.303. The summed E-state index contributed by atoms with van der Waals surface area (Å²) in [6.07, 6.45) is 5.04. The number of thioether (sulfide) groups is 2. The third-order valence-corrected chi connectivity index (χ3v) is 5.26. The van der Waals surface area contributed by atoms with Gasteiger partial charge in [0.25, 0.3) is 0 Å². The summed E-state index contributed by atoms with van der Waals surface area (Å²) in [6, 6.07) is 2.19. The number of halogens is 1. The zero-order valence-electron chi connectivity index (χ0n) is 7.98. The molecule has 0 bridgehead atoms. The van der Waals surface area contributed by atoms with Crippen molar-refractivity contribution in [3.8, 4) is 6.07 Å². The van der Waals surface area contributed by atoms with E-state index in [0.717, 1.165) is 9.99 Å². The average Bonchev–Trinajstić information content (AvgIpc) is 2.77. The van der Waals surface area contributed by atoms with Gasteiger partial charge in [0, 0.05) is 18.1 Å². The largest absolute Gasteiger partial charge is 0.296 e. The topological polar surface area (TPSA) is 41.6 Å². The molecule has 3 nitrogen and oxygen atoms in total. The van der Waals surface area contributed by atoms with Gasteiger partial charge >= 0.3 is 0 Å². The Morgan fingerprint density at radius 2 is 2.60 bits per heavy atom. The van der Waals surface area contributed by atoms with Gasteiger partial charge in [-0.3, -0.25) is 4.57 Å². The van der Waals surface area contributed by atoms with E-state index < -0.39 is 0 Å². The van der Waals surface area contributed by atoms with E-state index in [1.165, 1.54) is 11.8 Å². The molecule has 0 radical (unpaired) electrons. The SMILES string of the molecule is CC1(Cl)CSC(=C(C#N)n2ccnc2)S1. The fraction of sp³-hybridized carbons (Fsp3) is 0.333. The molecule has 0 saturated carbocycles. The lowest BCUT2D eigenvalue weighted by molar-refractivity contribution is 1.04. The van der Waals surface area contributed by atoms with E-state index in [-0.39, 0.29) is 4.21 Å². The van der Waals surface area contributed by atoms with Crippen LogP contribution in [0.25, 0.3) is 5.70 Å². The normalized spacial score (nSPS) is 28.9. The van der Waals surface area contributed by atoms with Gasteiger partial charge in [0.15, 0.2) is 0 Å². The van der Waals surface area contributed by atoms with E-state index >= 15 is 0 Å². The Labute approximate surface area is 102 Å². The van der Waals surface area contributed by atoms with Crippen LogP contribution in [0.4, 0.5) is 0 Å². The zero-order chi connectivity index (χ0) is 10.9. The van der Waals surface area contributed by atoms with Crippen molar-refractivity contribution in [1.29, 1.82) is 5.26 Å². The van der Waals surface area contributed by atoms with Crippen molar-refractivity contribution in [1.82, 2.24) is 9.55 Å². The second-order valence-corrected chi connectivity index (χ2v) is 7.03. The Balaban J connectivity index is 2.36. The van der Waals surface area contributed by atoms with Gasteiger partial charge in [-0.15, -0.1) is 23.4 Å². The third-order valence-electron chi connectivity index (χ3n) is 1.83. The quantitative estimate of drug-likeness (QED) is 0.573. The average molecular weight is 258 g/mol. The van der Waals surface area contributed by atoms with Crippen LogP contribution in [-0.2, 0) is 0 Å². The first-order chi connectivity index (χ1) is 7.12. The lowest BCUT2D eigenvalue weighted by Crippen LogP contribution is -2.07. The third kappa shape index (κ3) is 2.33. The molecule has 0 aliphatic carbocycles. The highest BCUT2D eigenvalue weighted by atomic mass is 35.5. The lowest BCUT2D eigenvalue weighted by atomic mass is 10.5. The summed E-state index contributed by atoms with van der Waals surface area (Å²) in [7, 11) is 0. The smallest absolute Gasteiger partial charge is 0.145 e. The highest BCUT2D eigenvalue weighted by Crippen LogP contribution is 2.52. The summed E-state index contributed by atoms with van der Waals surface area (Å²) < 4.78 is 2.38. The fourth-order valence-corrected chi connectivity index (χ4v) is 4.38. The molecule has 1 unspecified atom stereocenters. The molecule has 15 heavy (non-hydrogen) atoms. The first-order valence-corrected chi connectivity index (χ1v) is 6.44. The van der Waals surface area contributed by atoms with Crippen molar-refractivity contribution in [2.24, 2.45) is 0 Å². The van der Waals surface area contributed by atoms with Crippen molar-refractivity contribution < 1.29 is 0 Å². The molecule has 0 N–H and O–H groups in total. The molecule has 0 amide bonds. The lowest BCUT2D eigenvalue weighted by Gasteiger charge is -2.09. The Kier molecular flexibility index (Phi) is 3.01. The molecule has 1 atom stereocenters. The maximum Gasteiger partial charge on any atom is 0.145 e. The number of rotatable bonds is 1. The summed E-state index contributed by atoms with van der Waals surface area (Å²) in [5.74, 6) is 0.814. The van der Waals surface area contributed by atoms with Gasteiger partial charge in [-0.1, -0.05) is 11.8 Å². The fourth-order valence-electron chi connectivity index (χ4n) is 1.16. The summed E-state index contributed by atoms with van der Waals surface area (Å²) in [5, 5.41) is 9.10. The molecule has 0 aromatic carbocycles. The first kappa shape index (κ1) is 10.9. The first-order valence-electron chi connectivity index (χ1n) is 4.26. The number of alkyl halides is 1. The van der Waals surface area contributed by atoms with E-state index in [0.29, 0.717) is 5.70 Å². The van der Waals surface area contributed by atoms with E-state index in [1.54, 1.807) is 35.0 Å². The molecular formula is C9H8ClN3S2. The number of aromatic nitrogens is 2. The number of imidazole rings is 1. The standard InChI is InChI=1S/C9H8ClN3S2/c1-9(10)5-14-8(15-9)7(4-11)13-3-2-12-6-13/h2-3,6H,5H2,1H3. The minimum atomic E-state index is -0.303. The monoisotopic (exact) mass is 257 g/mol. The molecule has 1 aromatic rings. The summed E-state index contributed by atoms with van der Waals surface area (Å²) >= 11 is 9.35. The van der Waals surface area contributed by atoms with Crippen LogP contribution in [0.3, 0.4) is 0 Å². The number of hydrogen-bond donors (Lipinski definition) is 0. The van der Waals surface area contributed by atoms with Crippen LogP contribution in [-0.4, -0.2) is 19.5 Å². The predicted octanol–water partition coefficient (Wildman–Crippen LogP) is 2.97. The van der Waals surface area contributed by atoms with Crippen LogP contribution in [0.1, 0.15) is 6.92 Å². The van der Waals surface area contributed by atoms with Gasteiger partial charge in [0.2, 0.25) is 0 Å². The van der Waals surface area contributed by atoms with Crippen LogP contribution in [0.15, 0.2) is 23.0 Å². The van der Waals surface area contributed by atoms with Crippen molar-refractivity contribution in [3.63, 3.8) is 0 Å². The maximum atomic E-state index is 9.10. The van der Waals surface area contributed by atoms with Crippen LogP contribution in [0, 0.1) is 11.3 Å². The molecule has 2 rings (SSSR count). The Hall–Kier alpha value is -0.570. The van der Waals surface area contributed by atoms with Gasteiger partial charge < -0.3 is 0 Å². The molecule has 6 heteroatoms. The molecular weight excluding hydrogens is 250 g/mol. The highest BCUT2D eigenvalue weighted by molar-refractivity contribution is 8.26. The predicted molar refractivity (Wildman–Crippen MR) is 65.4 cm³/mol. The molecule has 1 saturated heterocycles. The van der Waals surface area contributed by atoms with E-state index in [9.17, 15) is 0 Å². The molecule has 0 spiro atoms. The second kappa shape index (κ2) is 4.12. The minimum Gasteiger partial charge on any atom is -0.296 e. The molecule has 1 aliphatic heterocycles. The number of nitriles is 1. The Bertz CT molecular complexity index is 431. The van der Waals surface area contributed by atoms with Gasteiger partial charge in [0.05, 0.1) is 10.6 Å². The van der Waals surface area contributed by atoms with Gasteiger partial charge in [-0.25, -0.2) is 4.98 Å². The van der Waals surface area contributed by atoms with Crippen LogP contribution in [0.5, 0.6) is 0 Å². The van der Waals surface area contributed by atoms with Crippen molar-refractivity contribution in [2.45, 2.75) is 11.1 Å². The van der Waals surface area contributed by atoms with Crippen molar-refractivity contribution >= 4 is 40.8 Å². The molecule has 1 aliphatic rings. The Morgan fingerprint density at radius 1 is 1.80 bits per heavy atom. The van der Waals surface area contributed by atoms with Gasteiger partial charge in [-0.05, 0) is 6.92 Å². The highest BCUT2D eigenvalue weighted by Gasteiger charge is 2.33. The van der Waals surface area contributed by atoms with E-state index in [1.807, 2.05) is 6.92 Å². The van der Waals surface area contributed by atoms with E-state index in [4.69, 9.17) is 16.9 Å². The summed E-state index contributed by atoms with van der Waals surface area (Å²) in [4.78, 5) is 3.92. The Morgan fingerprint density at radius 3 is 3.07 bits per heavy atom. The molecule has 78 valence electrons. The zero-order valence-corrected chi connectivity index (χ0v) is 10.4. The van der Waals surface area contributed by atoms with Crippen LogP contribution in [0.2, 0.25) is 0 Å². The van der Waals surface area contributed by atoms with Gasteiger partial charge in [0.1, 0.15) is 16.0 Å². The molecule has 1 aromatic heterocycles. The number of allylic oxidation sites excluding steroid dienone is 1. The summed E-state index contributed by atoms with van der Waals surface area (Å²) in [5.41, 5.74) is 0.604. The number of hydrogen-bond acceptors (Lipinski definition) is 4. The summed E-state index contributed by atoms with van der Waals surface area (Å²) in [6.45, 7) is 1.96. The number of nitrogens with zero attached hydrogens (tertiary/aromatic N) is 3. The van der Waals surface area contributed by atoms with Gasteiger partial charge in [-0.2, -0.15) is 5.26 Å². The van der Waals surface area contributed by atoms with Crippen LogP contribution >= 0.6 is 35.1 Å². The van der Waals surface area contributed by atoms with Crippen molar-refractivity contribution in [2.75, 3.05) is 5.75 Å². The van der Waals surface area contributed by atoms with Crippen LogP contribution < -0.4 is 0 Å². The maximum absolute atomic E-state index is 9.10. The van der Waals surface area contributed by atoms with E-state index in [2.05, 4.69) is 11.1 Å². The van der Waals surface area contributed by atoms with Crippen molar-refractivity contribution in [3.05, 3.63) is 23.0 Å². The molecule has 1 fully saturated rings. The molecule has 2 heterocycles.